The Hall–Kier alpha value is -3.55. The number of aromatic carboxylic acids is 1. The Balaban J connectivity index is 1.51. The van der Waals surface area contributed by atoms with Crippen LogP contribution in [0, 0.1) is 6.92 Å². The number of carboxylic acid groups (broad SMARTS) is 1. The van der Waals surface area contributed by atoms with Crippen LogP contribution in [0.1, 0.15) is 27.0 Å². The molecule has 3 aromatic rings. The van der Waals surface area contributed by atoms with E-state index in [-0.39, 0.29) is 18.1 Å². The number of nitrogens with one attached hydrogen (secondary N) is 1. The zero-order chi connectivity index (χ0) is 23.4. The molecule has 0 unspecified atom stereocenters. The highest BCUT2D eigenvalue weighted by Crippen LogP contribution is 2.32. The molecule has 0 atom stereocenters. The molecular weight excluding hydrogens is 460 g/mol. The van der Waals surface area contributed by atoms with Gasteiger partial charge in [-0.3, -0.25) is 4.79 Å². The van der Waals surface area contributed by atoms with Gasteiger partial charge in [-0.2, -0.15) is 0 Å². The third kappa shape index (κ3) is 5.63. The number of hydrogen-bond acceptors (Lipinski definition) is 5. The monoisotopic (exact) mass is 478 g/mol. The van der Waals surface area contributed by atoms with Crippen molar-refractivity contribution in [2.45, 2.75) is 13.5 Å². The largest absolute Gasteiger partial charge is 0.488 e. The number of aryl methyl sites for hydroxylation is 1. The summed E-state index contributed by atoms with van der Waals surface area (Å²) in [5, 5.41) is 12.9. The second kappa shape index (κ2) is 9.94. The lowest BCUT2D eigenvalue weighted by Gasteiger charge is -2.10. The number of nitrogens with zero attached hydrogens (tertiary/aromatic N) is 1. The van der Waals surface area contributed by atoms with Gasteiger partial charge in [0.05, 0.1) is 16.2 Å². The van der Waals surface area contributed by atoms with Crippen molar-refractivity contribution < 1.29 is 19.4 Å². The van der Waals surface area contributed by atoms with Gasteiger partial charge in [0.15, 0.2) is 5.17 Å². The van der Waals surface area contributed by atoms with Crippen molar-refractivity contribution in [1.29, 1.82) is 0 Å². The molecule has 0 aliphatic carbocycles. The second-order valence-corrected chi connectivity index (χ2v) is 8.71. The molecule has 1 aliphatic rings. The van der Waals surface area contributed by atoms with Crippen molar-refractivity contribution in [3.8, 4) is 5.75 Å². The molecule has 0 bridgehead atoms. The molecular formula is C25H19ClN2O4S. The van der Waals surface area contributed by atoms with Gasteiger partial charge in [0.25, 0.3) is 5.91 Å². The average Bonchev–Trinajstić information content (AvgIpc) is 3.14. The molecule has 1 heterocycles. The SMILES string of the molecule is Cc1ccc(Cl)cc1N=C1NC(=O)/C(=C/c2ccccc2OCc2ccc(C(=O)O)cc2)S1. The van der Waals surface area contributed by atoms with Gasteiger partial charge in [0, 0.05) is 10.6 Å². The first-order valence-corrected chi connectivity index (χ1v) is 11.2. The standard InChI is InChI=1S/C25H19ClN2O4S/c1-15-6-11-19(26)13-20(15)27-25-28-23(29)22(33-25)12-18-4-2-3-5-21(18)32-14-16-7-9-17(10-8-16)24(30)31/h2-13H,14H2,1H3,(H,30,31)(H,27,28,29)/b22-12-. The number of carbonyl (C=O) groups excluding carboxylic acids is 1. The first kappa shape index (κ1) is 22.6. The van der Waals surface area contributed by atoms with E-state index in [9.17, 15) is 9.59 Å². The Morgan fingerprint density at radius 1 is 1.15 bits per heavy atom. The molecule has 3 aromatic carbocycles. The van der Waals surface area contributed by atoms with Crippen LogP contribution < -0.4 is 10.1 Å². The number of amidine groups is 1. The molecule has 0 spiro atoms. The van der Waals surface area contributed by atoms with Crippen molar-refractivity contribution in [3.05, 3.63) is 98.9 Å². The van der Waals surface area contributed by atoms with Gasteiger partial charge >= 0.3 is 5.97 Å². The van der Waals surface area contributed by atoms with Crippen molar-refractivity contribution in [2.75, 3.05) is 0 Å². The van der Waals surface area contributed by atoms with Gasteiger partial charge in [-0.05, 0) is 66.2 Å². The molecule has 0 aromatic heterocycles. The van der Waals surface area contributed by atoms with E-state index in [1.54, 1.807) is 30.3 Å². The van der Waals surface area contributed by atoms with Crippen LogP contribution >= 0.6 is 23.4 Å². The quantitative estimate of drug-likeness (QED) is 0.436. The van der Waals surface area contributed by atoms with Crippen molar-refractivity contribution >= 4 is 52.2 Å². The van der Waals surface area contributed by atoms with Crippen molar-refractivity contribution in [2.24, 2.45) is 4.99 Å². The highest BCUT2D eigenvalue weighted by atomic mass is 35.5. The fourth-order valence-electron chi connectivity index (χ4n) is 3.07. The van der Waals surface area contributed by atoms with E-state index in [1.807, 2.05) is 37.3 Å². The molecule has 166 valence electrons. The van der Waals surface area contributed by atoms with Crippen molar-refractivity contribution in [3.63, 3.8) is 0 Å². The van der Waals surface area contributed by atoms with Gasteiger partial charge in [-0.1, -0.05) is 48.0 Å². The number of thioether (sulfide) groups is 1. The topological polar surface area (TPSA) is 88.0 Å². The van der Waals surface area contributed by atoms with E-state index in [0.29, 0.717) is 26.5 Å². The summed E-state index contributed by atoms with van der Waals surface area (Å²) >= 11 is 7.31. The molecule has 1 fully saturated rings. The van der Waals surface area contributed by atoms with Gasteiger partial charge < -0.3 is 15.2 Å². The fraction of sp³-hybridized carbons (Fsp3) is 0.0800. The summed E-state index contributed by atoms with van der Waals surface area (Å²) < 4.78 is 5.94. The Bertz CT molecular complexity index is 1290. The summed E-state index contributed by atoms with van der Waals surface area (Å²) in [5.74, 6) is -0.602. The number of aliphatic imine (C=N–C) groups is 1. The Labute approximate surface area is 200 Å². The number of ether oxygens (including phenoxy) is 1. The Morgan fingerprint density at radius 2 is 1.91 bits per heavy atom. The van der Waals surface area contributed by atoms with Crippen LogP contribution in [0.4, 0.5) is 5.69 Å². The van der Waals surface area contributed by atoms with Crippen molar-refractivity contribution in [1.82, 2.24) is 5.32 Å². The average molecular weight is 479 g/mol. The number of benzene rings is 3. The lowest BCUT2D eigenvalue weighted by molar-refractivity contribution is -0.115. The van der Waals surface area contributed by atoms with Crippen LogP contribution in [0.25, 0.3) is 6.08 Å². The zero-order valence-electron chi connectivity index (χ0n) is 17.5. The summed E-state index contributed by atoms with van der Waals surface area (Å²) in [6.45, 7) is 2.19. The van der Waals surface area contributed by atoms with Crippen LogP contribution in [0.3, 0.4) is 0 Å². The summed E-state index contributed by atoms with van der Waals surface area (Å²) in [4.78, 5) is 28.5. The number of para-hydroxylation sites is 1. The third-order valence-corrected chi connectivity index (χ3v) is 5.99. The van der Waals surface area contributed by atoms with Crippen LogP contribution in [0.5, 0.6) is 5.75 Å². The fourth-order valence-corrected chi connectivity index (χ4v) is 4.06. The number of amides is 1. The minimum atomic E-state index is -0.972. The molecule has 2 N–H and O–H groups in total. The number of hydrogen-bond donors (Lipinski definition) is 2. The Kier molecular flexibility index (Phi) is 6.82. The van der Waals surface area contributed by atoms with Crippen LogP contribution in [-0.2, 0) is 11.4 Å². The number of carboxylic acids is 1. The lowest BCUT2D eigenvalue weighted by atomic mass is 10.1. The van der Waals surface area contributed by atoms with Gasteiger partial charge in [0.1, 0.15) is 12.4 Å². The molecule has 0 saturated carbocycles. The van der Waals surface area contributed by atoms with E-state index in [0.717, 1.165) is 16.7 Å². The summed E-state index contributed by atoms with van der Waals surface area (Å²) in [6.07, 6.45) is 1.76. The molecule has 33 heavy (non-hydrogen) atoms. The number of carbonyl (C=O) groups is 2. The molecule has 8 heteroatoms. The maximum Gasteiger partial charge on any atom is 0.335 e. The van der Waals surface area contributed by atoms with Gasteiger partial charge in [-0.15, -0.1) is 0 Å². The smallest absolute Gasteiger partial charge is 0.335 e. The van der Waals surface area contributed by atoms with E-state index in [2.05, 4.69) is 10.3 Å². The third-order valence-electron chi connectivity index (χ3n) is 4.84. The van der Waals surface area contributed by atoms with Crippen LogP contribution in [0.15, 0.2) is 76.6 Å². The molecule has 1 saturated heterocycles. The van der Waals surface area contributed by atoms with E-state index < -0.39 is 5.97 Å². The molecule has 1 aliphatic heterocycles. The maximum atomic E-state index is 12.5. The summed E-state index contributed by atoms with van der Waals surface area (Å²) in [5.41, 5.74) is 3.45. The number of rotatable bonds is 6. The maximum absolute atomic E-state index is 12.5. The predicted octanol–water partition coefficient (Wildman–Crippen LogP) is 5.82. The summed E-state index contributed by atoms with van der Waals surface area (Å²) in [7, 11) is 0. The zero-order valence-corrected chi connectivity index (χ0v) is 19.1. The van der Waals surface area contributed by atoms with E-state index in [1.165, 1.54) is 23.9 Å². The van der Waals surface area contributed by atoms with E-state index in [4.69, 9.17) is 21.4 Å². The first-order chi connectivity index (χ1) is 15.9. The summed E-state index contributed by atoms with van der Waals surface area (Å²) in [6, 6.07) is 19.3. The minimum Gasteiger partial charge on any atom is -0.488 e. The highest BCUT2D eigenvalue weighted by molar-refractivity contribution is 8.18. The molecule has 1 amide bonds. The molecule has 6 nitrogen and oxygen atoms in total. The second-order valence-electron chi connectivity index (χ2n) is 7.24. The van der Waals surface area contributed by atoms with Crippen LogP contribution in [-0.4, -0.2) is 22.2 Å². The Morgan fingerprint density at radius 3 is 2.67 bits per heavy atom. The normalized spacial score (nSPS) is 15.6. The van der Waals surface area contributed by atoms with Gasteiger partial charge in [-0.25, -0.2) is 9.79 Å². The lowest BCUT2D eigenvalue weighted by Crippen LogP contribution is -2.19. The molecule has 0 radical (unpaired) electrons. The van der Waals surface area contributed by atoms with Gasteiger partial charge in [0.2, 0.25) is 0 Å². The first-order valence-electron chi connectivity index (χ1n) is 9.99. The van der Waals surface area contributed by atoms with E-state index >= 15 is 0 Å². The molecule has 4 rings (SSSR count). The predicted molar refractivity (Wildman–Crippen MR) is 131 cm³/mol. The number of halogens is 1. The minimum absolute atomic E-state index is 0.221. The highest BCUT2D eigenvalue weighted by Gasteiger charge is 2.24. The van der Waals surface area contributed by atoms with Crippen LogP contribution in [0.2, 0.25) is 5.02 Å².